The highest BCUT2D eigenvalue weighted by Gasteiger charge is 2.02. The summed E-state index contributed by atoms with van der Waals surface area (Å²) in [6.07, 6.45) is 4.68. The molecule has 0 aliphatic heterocycles. The zero-order valence-corrected chi connectivity index (χ0v) is 10.6. The van der Waals surface area contributed by atoms with E-state index in [4.69, 9.17) is 5.11 Å². The second kappa shape index (κ2) is 8.90. The summed E-state index contributed by atoms with van der Waals surface area (Å²) in [5.74, 6) is -0.345. The van der Waals surface area contributed by atoms with E-state index >= 15 is 0 Å². The van der Waals surface area contributed by atoms with Gasteiger partial charge in [-0.25, -0.2) is 4.79 Å². The van der Waals surface area contributed by atoms with Gasteiger partial charge >= 0.3 is 12.0 Å². The number of carboxylic acids is 1. The Morgan fingerprint density at radius 3 is 2.68 bits per heavy atom. The van der Waals surface area contributed by atoms with Crippen LogP contribution in [0.2, 0.25) is 0 Å². The molecule has 0 aromatic carbocycles. The number of rotatable bonds is 9. The zero-order chi connectivity index (χ0) is 13.9. The van der Waals surface area contributed by atoms with Crippen molar-refractivity contribution < 1.29 is 19.2 Å². The van der Waals surface area contributed by atoms with E-state index in [0.717, 1.165) is 19.3 Å². The molecule has 0 aliphatic rings. The van der Waals surface area contributed by atoms with Gasteiger partial charge in [-0.15, -0.1) is 0 Å². The number of carboxylic acid groups (broad SMARTS) is 1. The standard InChI is InChI=1S/C11H18N4O4/c16-10(17)5-3-1-2-4-6-12-11(18)13-7-9-14-8-19-15-9/h8H,1-7H2,(H,16,17)(H2,12,13,18). The van der Waals surface area contributed by atoms with Crippen LogP contribution in [0, 0.1) is 0 Å². The first-order valence-electron chi connectivity index (χ1n) is 6.17. The number of hydrogen-bond acceptors (Lipinski definition) is 5. The molecule has 0 spiro atoms. The van der Waals surface area contributed by atoms with Crippen LogP contribution >= 0.6 is 0 Å². The van der Waals surface area contributed by atoms with E-state index in [-0.39, 0.29) is 19.0 Å². The summed E-state index contributed by atoms with van der Waals surface area (Å²) in [6, 6.07) is -0.282. The molecular weight excluding hydrogens is 252 g/mol. The molecule has 1 rings (SSSR count). The minimum atomic E-state index is -0.765. The van der Waals surface area contributed by atoms with Crippen molar-refractivity contribution in [2.24, 2.45) is 0 Å². The van der Waals surface area contributed by atoms with E-state index in [0.29, 0.717) is 18.8 Å². The summed E-state index contributed by atoms with van der Waals surface area (Å²) >= 11 is 0. The second-order valence-corrected chi connectivity index (χ2v) is 4.01. The molecule has 0 saturated carbocycles. The van der Waals surface area contributed by atoms with E-state index in [1.54, 1.807) is 0 Å². The van der Waals surface area contributed by atoms with Gasteiger partial charge in [0.15, 0.2) is 5.82 Å². The highest BCUT2D eigenvalue weighted by Crippen LogP contribution is 2.01. The molecule has 1 aromatic heterocycles. The molecule has 1 aromatic rings. The molecule has 106 valence electrons. The Labute approximate surface area is 110 Å². The maximum atomic E-state index is 11.3. The molecule has 0 radical (unpaired) electrons. The minimum absolute atomic E-state index is 0.207. The van der Waals surface area contributed by atoms with Crippen LogP contribution in [0.15, 0.2) is 10.9 Å². The van der Waals surface area contributed by atoms with Crippen molar-refractivity contribution in [3.05, 3.63) is 12.2 Å². The number of urea groups is 1. The number of carbonyl (C=O) groups is 2. The highest BCUT2D eigenvalue weighted by atomic mass is 16.5. The monoisotopic (exact) mass is 270 g/mol. The Bertz CT molecular complexity index is 380. The molecule has 0 unspecified atom stereocenters. The molecule has 8 nitrogen and oxygen atoms in total. The lowest BCUT2D eigenvalue weighted by molar-refractivity contribution is -0.137. The summed E-state index contributed by atoms with van der Waals surface area (Å²) in [5.41, 5.74) is 0. The molecule has 0 aliphatic carbocycles. The lowest BCUT2D eigenvalue weighted by Crippen LogP contribution is -2.35. The average Bonchev–Trinajstić information content (AvgIpc) is 2.88. The van der Waals surface area contributed by atoms with Crippen molar-refractivity contribution in [1.29, 1.82) is 0 Å². The van der Waals surface area contributed by atoms with Crippen molar-refractivity contribution >= 4 is 12.0 Å². The Morgan fingerprint density at radius 1 is 1.21 bits per heavy atom. The van der Waals surface area contributed by atoms with Gasteiger partial charge in [-0.3, -0.25) is 4.79 Å². The molecule has 1 heterocycles. The van der Waals surface area contributed by atoms with Crippen LogP contribution in [0.5, 0.6) is 0 Å². The molecule has 19 heavy (non-hydrogen) atoms. The van der Waals surface area contributed by atoms with E-state index in [9.17, 15) is 9.59 Å². The Kier molecular flexibility index (Phi) is 7.00. The second-order valence-electron chi connectivity index (χ2n) is 4.01. The van der Waals surface area contributed by atoms with Crippen LogP contribution in [0.3, 0.4) is 0 Å². The van der Waals surface area contributed by atoms with Gasteiger partial charge in [-0.05, 0) is 12.8 Å². The summed E-state index contributed by atoms with van der Waals surface area (Å²) < 4.78 is 4.53. The van der Waals surface area contributed by atoms with Crippen molar-refractivity contribution in [2.45, 2.75) is 38.6 Å². The SMILES string of the molecule is O=C(O)CCCCCCNC(=O)NCc1ncon1. The largest absolute Gasteiger partial charge is 0.481 e. The molecule has 0 atom stereocenters. The predicted octanol–water partition coefficient (Wildman–Crippen LogP) is 0.904. The van der Waals surface area contributed by atoms with Crippen LogP contribution in [0.4, 0.5) is 4.79 Å². The van der Waals surface area contributed by atoms with Crippen LogP contribution in [0.1, 0.15) is 37.9 Å². The van der Waals surface area contributed by atoms with Crippen LogP contribution in [0.25, 0.3) is 0 Å². The fourth-order valence-electron chi connectivity index (χ4n) is 1.45. The minimum Gasteiger partial charge on any atom is -0.481 e. The Hall–Kier alpha value is -2.12. The lowest BCUT2D eigenvalue weighted by atomic mass is 10.1. The molecule has 8 heteroatoms. The third-order valence-electron chi connectivity index (χ3n) is 2.42. The molecule has 2 amide bonds. The smallest absolute Gasteiger partial charge is 0.315 e. The third kappa shape index (κ3) is 7.74. The summed E-state index contributed by atoms with van der Waals surface area (Å²) in [7, 11) is 0. The normalized spacial score (nSPS) is 10.1. The number of nitrogens with zero attached hydrogens (tertiary/aromatic N) is 2. The molecule has 0 fully saturated rings. The van der Waals surface area contributed by atoms with Crippen molar-refractivity contribution in [3.63, 3.8) is 0 Å². The number of nitrogens with one attached hydrogen (secondary N) is 2. The number of aliphatic carboxylic acids is 1. The van der Waals surface area contributed by atoms with Gasteiger partial charge in [0.25, 0.3) is 0 Å². The maximum absolute atomic E-state index is 11.3. The maximum Gasteiger partial charge on any atom is 0.315 e. The third-order valence-corrected chi connectivity index (χ3v) is 2.42. The van der Waals surface area contributed by atoms with Gasteiger partial charge in [-0.2, -0.15) is 4.98 Å². The lowest BCUT2D eigenvalue weighted by Gasteiger charge is -2.05. The van der Waals surface area contributed by atoms with Crippen molar-refractivity contribution in [1.82, 2.24) is 20.8 Å². The number of carbonyl (C=O) groups excluding carboxylic acids is 1. The van der Waals surface area contributed by atoms with Gasteiger partial charge in [0, 0.05) is 13.0 Å². The number of amides is 2. The number of unbranched alkanes of at least 4 members (excludes halogenated alkanes) is 3. The van der Waals surface area contributed by atoms with Crippen molar-refractivity contribution in [2.75, 3.05) is 6.54 Å². The van der Waals surface area contributed by atoms with Gasteiger partial charge in [-0.1, -0.05) is 18.0 Å². The average molecular weight is 270 g/mol. The van der Waals surface area contributed by atoms with Gasteiger partial charge in [0.05, 0.1) is 6.54 Å². The van der Waals surface area contributed by atoms with Crippen LogP contribution in [-0.4, -0.2) is 33.8 Å². The highest BCUT2D eigenvalue weighted by molar-refractivity contribution is 5.73. The summed E-state index contributed by atoms with van der Waals surface area (Å²) in [6.45, 7) is 0.784. The Morgan fingerprint density at radius 2 is 2.00 bits per heavy atom. The fourth-order valence-corrected chi connectivity index (χ4v) is 1.45. The molecule has 0 saturated heterocycles. The summed E-state index contributed by atoms with van der Waals surface area (Å²) in [4.78, 5) is 25.4. The van der Waals surface area contributed by atoms with Gasteiger partial charge in [0.2, 0.25) is 6.39 Å². The van der Waals surface area contributed by atoms with Gasteiger partial charge < -0.3 is 20.3 Å². The van der Waals surface area contributed by atoms with E-state index < -0.39 is 5.97 Å². The quantitative estimate of drug-likeness (QED) is 0.574. The van der Waals surface area contributed by atoms with E-state index in [1.807, 2.05) is 0 Å². The first-order valence-corrected chi connectivity index (χ1v) is 6.17. The van der Waals surface area contributed by atoms with E-state index in [2.05, 4.69) is 25.3 Å². The predicted molar refractivity (Wildman–Crippen MR) is 65.3 cm³/mol. The van der Waals surface area contributed by atoms with E-state index in [1.165, 1.54) is 6.39 Å². The molecular formula is C11H18N4O4. The Balaban J connectivity index is 1.91. The van der Waals surface area contributed by atoms with Crippen LogP contribution in [-0.2, 0) is 11.3 Å². The van der Waals surface area contributed by atoms with Crippen molar-refractivity contribution in [3.8, 4) is 0 Å². The number of aromatic nitrogens is 2. The fraction of sp³-hybridized carbons (Fsp3) is 0.636. The summed E-state index contributed by atoms with van der Waals surface area (Å²) in [5, 5.41) is 17.3. The molecule has 0 bridgehead atoms. The zero-order valence-electron chi connectivity index (χ0n) is 10.6. The first kappa shape index (κ1) is 14.9. The number of hydrogen-bond donors (Lipinski definition) is 3. The first-order chi connectivity index (χ1) is 9.18. The molecule has 3 N–H and O–H groups in total. The van der Waals surface area contributed by atoms with Crippen LogP contribution < -0.4 is 10.6 Å². The van der Waals surface area contributed by atoms with Gasteiger partial charge in [0.1, 0.15) is 0 Å². The topological polar surface area (TPSA) is 117 Å².